The molecule has 2 aromatic rings. The van der Waals surface area contributed by atoms with Crippen molar-refractivity contribution < 1.29 is 0 Å². The van der Waals surface area contributed by atoms with E-state index in [1.807, 2.05) is 6.92 Å². The van der Waals surface area contributed by atoms with Crippen LogP contribution in [0.2, 0.25) is 10.0 Å². The Morgan fingerprint density at radius 1 is 1.18 bits per heavy atom. The summed E-state index contributed by atoms with van der Waals surface area (Å²) in [4.78, 5) is 8.54. The molecule has 0 spiro atoms. The molecule has 2 rings (SSSR count). The highest BCUT2D eigenvalue weighted by Gasteiger charge is 2.11. The largest absolute Gasteiger partial charge is 0.369 e. The van der Waals surface area contributed by atoms with Gasteiger partial charge in [0.05, 0.1) is 5.02 Å². The summed E-state index contributed by atoms with van der Waals surface area (Å²) in [6.45, 7) is 2.77. The third kappa shape index (κ3) is 2.68. The topological polar surface area (TPSA) is 37.8 Å². The molecule has 0 unspecified atom stereocenters. The molecule has 3 nitrogen and oxygen atoms in total. The first-order chi connectivity index (χ1) is 8.22. The molecule has 1 aromatic heterocycles. The molecule has 0 atom stereocenters. The highest BCUT2D eigenvalue weighted by atomic mass is 35.5. The third-order valence-electron chi connectivity index (χ3n) is 2.23. The minimum atomic E-state index is 0.606. The average molecular weight is 268 g/mol. The van der Waals surface area contributed by atoms with E-state index in [9.17, 15) is 0 Å². The lowest BCUT2D eigenvalue weighted by atomic mass is 10.1. The number of halogens is 2. The van der Waals surface area contributed by atoms with Crippen molar-refractivity contribution in [3.8, 4) is 11.3 Å². The number of benzene rings is 1. The fourth-order valence-electron chi connectivity index (χ4n) is 1.51. The van der Waals surface area contributed by atoms with E-state index in [1.165, 1.54) is 0 Å². The third-order valence-corrected chi connectivity index (χ3v) is 2.79. The van der Waals surface area contributed by atoms with Crippen LogP contribution in [0.5, 0.6) is 0 Å². The van der Waals surface area contributed by atoms with Crippen LogP contribution >= 0.6 is 23.2 Å². The molecule has 1 aromatic carbocycles. The van der Waals surface area contributed by atoms with Crippen molar-refractivity contribution in [2.24, 2.45) is 0 Å². The molecular weight excluding hydrogens is 257 g/mol. The first-order valence-electron chi connectivity index (χ1n) is 5.22. The quantitative estimate of drug-likeness (QED) is 0.917. The van der Waals surface area contributed by atoms with Crippen LogP contribution in [0.25, 0.3) is 11.3 Å². The molecule has 0 saturated carbocycles. The van der Waals surface area contributed by atoms with Crippen LogP contribution in [0.4, 0.5) is 5.82 Å². The van der Waals surface area contributed by atoms with Gasteiger partial charge in [-0.25, -0.2) is 4.98 Å². The summed E-state index contributed by atoms with van der Waals surface area (Å²) in [5.74, 6) is 0.708. The maximum atomic E-state index is 6.15. The molecule has 0 amide bonds. The van der Waals surface area contributed by atoms with Gasteiger partial charge in [0.25, 0.3) is 0 Å². The Morgan fingerprint density at radius 2 is 1.94 bits per heavy atom. The molecule has 1 N–H and O–H groups in total. The van der Waals surface area contributed by atoms with Crippen LogP contribution in [-0.4, -0.2) is 16.5 Å². The van der Waals surface area contributed by atoms with Gasteiger partial charge in [-0.3, -0.25) is 4.98 Å². The standard InChI is InChI=1S/C12H11Cl2N3/c1-2-15-12-11(16-5-6-17-12)9-7-8(13)3-4-10(9)14/h3-7H,2H2,1H3,(H,15,17). The number of nitrogens with zero attached hydrogens (tertiary/aromatic N) is 2. The molecule has 88 valence electrons. The number of hydrogen-bond donors (Lipinski definition) is 1. The Morgan fingerprint density at radius 3 is 2.71 bits per heavy atom. The lowest BCUT2D eigenvalue weighted by Crippen LogP contribution is -2.02. The number of aromatic nitrogens is 2. The Balaban J connectivity index is 2.55. The fraction of sp³-hybridized carbons (Fsp3) is 0.167. The zero-order valence-corrected chi connectivity index (χ0v) is 10.8. The summed E-state index contributed by atoms with van der Waals surface area (Å²) in [5, 5.41) is 4.37. The molecule has 0 aliphatic rings. The smallest absolute Gasteiger partial charge is 0.152 e. The van der Waals surface area contributed by atoms with E-state index in [4.69, 9.17) is 23.2 Å². The Kier molecular flexibility index (Phi) is 3.82. The van der Waals surface area contributed by atoms with Crippen molar-refractivity contribution in [1.82, 2.24) is 9.97 Å². The Labute approximate surface area is 110 Å². The zero-order chi connectivity index (χ0) is 12.3. The van der Waals surface area contributed by atoms with E-state index in [1.54, 1.807) is 30.6 Å². The lowest BCUT2D eigenvalue weighted by molar-refractivity contribution is 1.12. The van der Waals surface area contributed by atoms with E-state index in [2.05, 4.69) is 15.3 Å². The fourth-order valence-corrected chi connectivity index (χ4v) is 1.89. The van der Waals surface area contributed by atoms with Gasteiger partial charge < -0.3 is 5.32 Å². The van der Waals surface area contributed by atoms with Crippen molar-refractivity contribution in [3.63, 3.8) is 0 Å². The molecule has 17 heavy (non-hydrogen) atoms. The highest BCUT2D eigenvalue weighted by Crippen LogP contribution is 2.32. The number of anilines is 1. The SMILES string of the molecule is CCNc1nccnc1-c1cc(Cl)ccc1Cl. The number of hydrogen-bond acceptors (Lipinski definition) is 3. The normalized spacial score (nSPS) is 10.3. The van der Waals surface area contributed by atoms with Gasteiger partial charge in [-0.2, -0.15) is 0 Å². The maximum absolute atomic E-state index is 6.15. The summed E-state index contributed by atoms with van der Waals surface area (Å²) in [6, 6.07) is 5.29. The summed E-state index contributed by atoms with van der Waals surface area (Å²) in [7, 11) is 0. The van der Waals surface area contributed by atoms with Gasteiger partial charge in [0.1, 0.15) is 5.69 Å². The summed E-state index contributed by atoms with van der Waals surface area (Å²) in [5.41, 5.74) is 1.49. The van der Waals surface area contributed by atoms with Crippen molar-refractivity contribution in [2.75, 3.05) is 11.9 Å². The second-order valence-electron chi connectivity index (χ2n) is 3.41. The predicted molar refractivity (Wildman–Crippen MR) is 71.7 cm³/mol. The van der Waals surface area contributed by atoms with E-state index in [-0.39, 0.29) is 0 Å². The van der Waals surface area contributed by atoms with E-state index < -0.39 is 0 Å². The van der Waals surface area contributed by atoms with Crippen molar-refractivity contribution in [1.29, 1.82) is 0 Å². The maximum Gasteiger partial charge on any atom is 0.152 e. The number of rotatable bonds is 3. The molecule has 5 heteroatoms. The molecule has 1 heterocycles. The van der Waals surface area contributed by atoms with E-state index in [0.29, 0.717) is 21.6 Å². The Bertz CT molecular complexity index is 529. The molecule has 0 saturated heterocycles. The van der Waals surface area contributed by atoms with Crippen LogP contribution < -0.4 is 5.32 Å². The monoisotopic (exact) mass is 267 g/mol. The summed E-state index contributed by atoms with van der Waals surface area (Å²) in [6.07, 6.45) is 3.27. The van der Waals surface area contributed by atoms with Crippen LogP contribution in [0.15, 0.2) is 30.6 Å². The Hall–Kier alpha value is -1.32. The predicted octanol–water partition coefficient (Wildman–Crippen LogP) is 3.88. The van der Waals surface area contributed by atoms with Gasteiger partial charge in [-0.1, -0.05) is 23.2 Å². The number of nitrogens with one attached hydrogen (secondary N) is 1. The molecule has 0 fully saturated rings. The second kappa shape index (κ2) is 5.34. The molecule has 0 bridgehead atoms. The van der Waals surface area contributed by atoms with E-state index >= 15 is 0 Å². The van der Waals surface area contributed by atoms with Crippen molar-refractivity contribution in [3.05, 3.63) is 40.6 Å². The van der Waals surface area contributed by atoms with Crippen molar-refractivity contribution in [2.45, 2.75) is 6.92 Å². The van der Waals surface area contributed by atoms with Crippen LogP contribution in [0, 0.1) is 0 Å². The van der Waals surface area contributed by atoms with Crippen molar-refractivity contribution >= 4 is 29.0 Å². The second-order valence-corrected chi connectivity index (χ2v) is 4.25. The first-order valence-corrected chi connectivity index (χ1v) is 5.98. The van der Waals surface area contributed by atoms with Gasteiger partial charge in [0.15, 0.2) is 5.82 Å². The minimum Gasteiger partial charge on any atom is -0.369 e. The molecule has 0 radical (unpaired) electrons. The lowest BCUT2D eigenvalue weighted by Gasteiger charge is -2.09. The average Bonchev–Trinajstić information content (AvgIpc) is 2.34. The van der Waals surface area contributed by atoms with Gasteiger partial charge in [-0.15, -0.1) is 0 Å². The van der Waals surface area contributed by atoms with Gasteiger partial charge in [0, 0.05) is 29.5 Å². The summed E-state index contributed by atoms with van der Waals surface area (Å²) < 4.78 is 0. The van der Waals surface area contributed by atoms with Crippen LogP contribution in [-0.2, 0) is 0 Å². The first kappa shape index (κ1) is 12.1. The molecule has 0 aliphatic heterocycles. The van der Waals surface area contributed by atoms with Gasteiger partial charge >= 0.3 is 0 Å². The minimum absolute atomic E-state index is 0.606. The van der Waals surface area contributed by atoms with Crippen LogP contribution in [0.1, 0.15) is 6.92 Å². The van der Waals surface area contributed by atoms with Crippen LogP contribution in [0.3, 0.4) is 0 Å². The van der Waals surface area contributed by atoms with Gasteiger partial charge in [-0.05, 0) is 25.1 Å². The highest BCUT2D eigenvalue weighted by molar-refractivity contribution is 6.35. The van der Waals surface area contributed by atoms with Gasteiger partial charge in [0.2, 0.25) is 0 Å². The molecule has 0 aliphatic carbocycles. The summed E-state index contributed by atoms with van der Waals surface area (Å²) >= 11 is 12.1. The van der Waals surface area contributed by atoms with E-state index in [0.717, 1.165) is 12.1 Å². The zero-order valence-electron chi connectivity index (χ0n) is 9.24. The molecular formula is C12H11Cl2N3.